The fourth-order valence-corrected chi connectivity index (χ4v) is 1.84. The lowest BCUT2D eigenvalue weighted by Crippen LogP contribution is -1.96. The van der Waals surface area contributed by atoms with E-state index in [1.54, 1.807) is 0 Å². The van der Waals surface area contributed by atoms with Gasteiger partial charge in [0.25, 0.3) is 0 Å². The maximum atomic E-state index is 9.11. The van der Waals surface area contributed by atoms with E-state index in [1.165, 1.54) is 0 Å². The first kappa shape index (κ1) is 13.0. The average Bonchev–Trinajstić information content (AvgIpc) is 2.40. The number of nitrogens with zero attached hydrogens (tertiary/aromatic N) is 1. The van der Waals surface area contributed by atoms with Crippen molar-refractivity contribution in [2.75, 3.05) is 11.9 Å². The summed E-state index contributed by atoms with van der Waals surface area (Å²) >= 11 is 0. The molecule has 2 aromatic carbocycles. The highest BCUT2D eigenvalue weighted by molar-refractivity contribution is 5.68. The molecule has 3 nitrogen and oxygen atoms in total. The fraction of sp³-hybridized carbons (Fsp3) is 0.188. The normalized spacial score (nSPS) is 9.74. The molecule has 0 amide bonds. The number of ether oxygens (including phenoxy) is 1. The molecule has 0 aromatic heterocycles. The van der Waals surface area contributed by atoms with Crippen LogP contribution in [0.4, 0.5) is 11.4 Å². The predicted octanol–water partition coefficient (Wildman–Crippen LogP) is 4.01. The van der Waals surface area contributed by atoms with Gasteiger partial charge in [-0.25, -0.2) is 0 Å². The largest absolute Gasteiger partial charge is 0.494 e. The number of rotatable bonds is 4. The first-order valence-electron chi connectivity index (χ1n) is 6.23. The van der Waals surface area contributed by atoms with Gasteiger partial charge in [0, 0.05) is 11.8 Å². The summed E-state index contributed by atoms with van der Waals surface area (Å²) in [5.74, 6) is 0.818. The number of anilines is 2. The average molecular weight is 252 g/mol. The van der Waals surface area contributed by atoms with E-state index in [0.29, 0.717) is 12.2 Å². The molecule has 0 bridgehead atoms. The number of nitriles is 1. The van der Waals surface area contributed by atoms with Crippen LogP contribution in [0.15, 0.2) is 42.5 Å². The van der Waals surface area contributed by atoms with E-state index in [4.69, 9.17) is 10.00 Å². The van der Waals surface area contributed by atoms with Crippen molar-refractivity contribution in [2.45, 2.75) is 13.8 Å². The van der Waals surface area contributed by atoms with Crippen molar-refractivity contribution in [3.63, 3.8) is 0 Å². The Kier molecular flexibility index (Phi) is 4.04. The van der Waals surface area contributed by atoms with Gasteiger partial charge in [-0.1, -0.05) is 12.1 Å². The molecule has 0 saturated carbocycles. The molecular formula is C16H16N2O. The van der Waals surface area contributed by atoms with Crippen LogP contribution in [0.2, 0.25) is 0 Å². The van der Waals surface area contributed by atoms with Gasteiger partial charge in [-0.05, 0) is 43.7 Å². The molecule has 0 aliphatic heterocycles. The molecule has 0 spiro atoms. The second-order valence-corrected chi connectivity index (χ2v) is 4.25. The smallest absolute Gasteiger partial charge is 0.121 e. The number of aryl methyl sites for hydroxylation is 1. The van der Waals surface area contributed by atoms with E-state index < -0.39 is 0 Å². The molecule has 0 saturated heterocycles. The van der Waals surface area contributed by atoms with Gasteiger partial charge in [0.05, 0.1) is 17.9 Å². The standard InChI is InChI=1S/C16H16N2O/c1-3-19-15-6-4-5-14(10-15)18-16-9-12(2)7-8-13(16)11-17/h4-10,18H,3H2,1-2H3. The Morgan fingerprint density at radius 3 is 2.79 bits per heavy atom. The van der Waals surface area contributed by atoms with Crippen molar-refractivity contribution < 1.29 is 4.74 Å². The summed E-state index contributed by atoms with van der Waals surface area (Å²) in [6.07, 6.45) is 0. The number of hydrogen-bond acceptors (Lipinski definition) is 3. The van der Waals surface area contributed by atoms with E-state index in [9.17, 15) is 0 Å². The highest BCUT2D eigenvalue weighted by Gasteiger charge is 2.03. The minimum Gasteiger partial charge on any atom is -0.494 e. The molecule has 0 heterocycles. The van der Waals surface area contributed by atoms with Crippen LogP contribution in [0, 0.1) is 18.3 Å². The van der Waals surface area contributed by atoms with Crippen LogP contribution in [-0.2, 0) is 0 Å². The molecule has 0 unspecified atom stereocenters. The van der Waals surface area contributed by atoms with Crippen LogP contribution in [0.1, 0.15) is 18.1 Å². The topological polar surface area (TPSA) is 45.0 Å². The highest BCUT2D eigenvalue weighted by atomic mass is 16.5. The van der Waals surface area contributed by atoms with Gasteiger partial charge in [0.15, 0.2) is 0 Å². The summed E-state index contributed by atoms with van der Waals surface area (Å²) in [4.78, 5) is 0. The summed E-state index contributed by atoms with van der Waals surface area (Å²) < 4.78 is 5.46. The minimum absolute atomic E-state index is 0.632. The first-order chi connectivity index (χ1) is 9.22. The lowest BCUT2D eigenvalue weighted by Gasteiger charge is -2.10. The van der Waals surface area contributed by atoms with Crippen molar-refractivity contribution in [3.8, 4) is 11.8 Å². The Morgan fingerprint density at radius 2 is 2.05 bits per heavy atom. The maximum Gasteiger partial charge on any atom is 0.121 e. The van der Waals surface area contributed by atoms with Crippen LogP contribution in [0.5, 0.6) is 5.75 Å². The van der Waals surface area contributed by atoms with Gasteiger partial charge < -0.3 is 10.1 Å². The Labute approximate surface area is 113 Å². The quantitative estimate of drug-likeness (QED) is 0.894. The number of hydrogen-bond donors (Lipinski definition) is 1. The Balaban J connectivity index is 2.28. The molecule has 0 atom stereocenters. The molecule has 0 fully saturated rings. The molecule has 96 valence electrons. The zero-order valence-electron chi connectivity index (χ0n) is 11.1. The van der Waals surface area contributed by atoms with Crippen molar-refractivity contribution in [3.05, 3.63) is 53.6 Å². The third-order valence-corrected chi connectivity index (χ3v) is 2.72. The molecule has 0 aliphatic carbocycles. The third kappa shape index (κ3) is 3.26. The second kappa shape index (κ2) is 5.92. The summed E-state index contributed by atoms with van der Waals surface area (Å²) in [6, 6.07) is 15.6. The van der Waals surface area contributed by atoms with Crippen LogP contribution < -0.4 is 10.1 Å². The summed E-state index contributed by atoms with van der Waals surface area (Å²) in [7, 11) is 0. The van der Waals surface area contributed by atoms with Crippen molar-refractivity contribution >= 4 is 11.4 Å². The van der Waals surface area contributed by atoms with Crippen molar-refractivity contribution in [1.29, 1.82) is 5.26 Å². The predicted molar refractivity (Wildman–Crippen MR) is 76.8 cm³/mol. The zero-order valence-corrected chi connectivity index (χ0v) is 11.1. The monoisotopic (exact) mass is 252 g/mol. The molecule has 1 N–H and O–H groups in total. The van der Waals surface area contributed by atoms with Crippen molar-refractivity contribution in [1.82, 2.24) is 0 Å². The van der Waals surface area contributed by atoms with Crippen LogP contribution in [-0.4, -0.2) is 6.61 Å². The van der Waals surface area contributed by atoms with Crippen LogP contribution >= 0.6 is 0 Å². The van der Waals surface area contributed by atoms with Gasteiger partial charge in [-0.3, -0.25) is 0 Å². The van der Waals surface area contributed by atoms with Crippen LogP contribution in [0.3, 0.4) is 0 Å². The third-order valence-electron chi connectivity index (χ3n) is 2.72. The Morgan fingerprint density at radius 1 is 1.21 bits per heavy atom. The molecule has 0 aliphatic rings. The van der Waals surface area contributed by atoms with E-state index in [-0.39, 0.29) is 0 Å². The molecular weight excluding hydrogens is 236 g/mol. The lowest BCUT2D eigenvalue weighted by atomic mass is 10.1. The van der Waals surface area contributed by atoms with Gasteiger partial charge in [-0.2, -0.15) is 5.26 Å². The maximum absolute atomic E-state index is 9.11. The lowest BCUT2D eigenvalue weighted by molar-refractivity contribution is 0.340. The summed E-state index contributed by atoms with van der Waals surface area (Å²) in [6.45, 7) is 4.59. The number of nitrogens with one attached hydrogen (secondary N) is 1. The Bertz CT molecular complexity index is 614. The van der Waals surface area contributed by atoms with E-state index in [2.05, 4.69) is 11.4 Å². The van der Waals surface area contributed by atoms with Gasteiger partial charge in [0.2, 0.25) is 0 Å². The molecule has 2 aromatic rings. The van der Waals surface area contributed by atoms with E-state index in [1.807, 2.05) is 56.3 Å². The minimum atomic E-state index is 0.632. The summed E-state index contributed by atoms with van der Waals surface area (Å²) in [5, 5.41) is 12.4. The SMILES string of the molecule is CCOc1cccc(Nc2cc(C)ccc2C#N)c1. The molecule has 2 rings (SSSR count). The van der Waals surface area contributed by atoms with E-state index >= 15 is 0 Å². The molecule has 19 heavy (non-hydrogen) atoms. The van der Waals surface area contributed by atoms with Gasteiger partial charge in [0.1, 0.15) is 11.8 Å². The number of benzene rings is 2. The fourth-order valence-electron chi connectivity index (χ4n) is 1.84. The second-order valence-electron chi connectivity index (χ2n) is 4.25. The molecule has 0 radical (unpaired) electrons. The van der Waals surface area contributed by atoms with E-state index in [0.717, 1.165) is 22.7 Å². The summed E-state index contributed by atoms with van der Waals surface area (Å²) in [5.41, 5.74) is 3.47. The van der Waals surface area contributed by atoms with Crippen LogP contribution in [0.25, 0.3) is 0 Å². The first-order valence-corrected chi connectivity index (χ1v) is 6.23. The molecule has 3 heteroatoms. The van der Waals surface area contributed by atoms with Gasteiger partial charge in [-0.15, -0.1) is 0 Å². The Hall–Kier alpha value is -2.47. The van der Waals surface area contributed by atoms with Gasteiger partial charge >= 0.3 is 0 Å². The highest BCUT2D eigenvalue weighted by Crippen LogP contribution is 2.24. The zero-order chi connectivity index (χ0) is 13.7. The van der Waals surface area contributed by atoms with Crippen molar-refractivity contribution in [2.24, 2.45) is 0 Å².